The molecule has 1 saturated heterocycles. The van der Waals surface area contributed by atoms with Crippen LogP contribution in [0.4, 0.5) is 5.95 Å². The highest BCUT2D eigenvalue weighted by Crippen LogP contribution is 2.22. The van der Waals surface area contributed by atoms with Crippen molar-refractivity contribution in [1.29, 1.82) is 0 Å². The molecule has 0 atom stereocenters. The number of aromatic nitrogens is 2. The molecule has 162 valence electrons. The van der Waals surface area contributed by atoms with Crippen molar-refractivity contribution in [3.05, 3.63) is 106 Å². The fraction of sp³-hybridized carbons (Fsp3) is 0.259. The van der Waals surface area contributed by atoms with Crippen molar-refractivity contribution < 1.29 is 0 Å². The molecule has 0 radical (unpaired) electrons. The summed E-state index contributed by atoms with van der Waals surface area (Å²) in [7, 11) is 0. The Morgan fingerprint density at radius 3 is 2.38 bits per heavy atom. The standard InChI is InChI=1S/C27H28N4O/c1-20-25(18-23-12-7-11-22-10-5-6-13-24(22)23)26(32)29-27(28-20)31-16-14-30(15-17-31)19-21-8-3-2-4-9-21/h2-13H,14-19H2,1H3,(H,28,29,32). The number of fused-ring (bicyclic) bond motifs is 1. The number of nitrogens with one attached hydrogen (secondary N) is 1. The summed E-state index contributed by atoms with van der Waals surface area (Å²) in [5.74, 6) is 0.688. The van der Waals surface area contributed by atoms with Gasteiger partial charge in [0.05, 0.1) is 5.69 Å². The second-order valence-electron chi connectivity index (χ2n) is 8.52. The number of piperazine rings is 1. The molecule has 5 rings (SSSR count). The van der Waals surface area contributed by atoms with Crippen LogP contribution in [0, 0.1) is 6.92 Å². The SMILES string of the molecule is Cc1nc(N2CCN(Cc3ccccc3)CC2)[nH]c(=O)c1Cc1cccc2ccccc12. The van der Waals surface area contributed by atoms with Crippen LogP contribution in [0.25, 0.3) is 10.8 Å². The molecule has 5 nitrogen and oxygen atoms in total. The van der Waals surface area contributed by atoms with Crippen LogP contribution in [0.3, 0.4) is 0 Å². The number of benzene rings is 3. The largest absolute Gasteiger partial charge is 0.340 e. The number of nitrogens with zero attached hydrogens (tertiary/aromatic N) is 3. The summed E-state index contributed by atoms with van der Waals surface area (Å²) >= 11 is 0. The third-order valence-electron chi connectivity index (χ3n) is 6.38. The Kier molecular flexibility index (Phi) is 5.73. The van der Waals surface area contributed by atoms with Gasteiger partial charge < -0.3 is 4.90 Å². The van der Waals surface area contributed by atoms with Crippen molar-refractivity contribution in [1.82, 2.24) is 14.9 Å². The van der Waals surface area contributed by atoms with Crippen LogP contribution < -0.4 is 10.5 Å². The van der Waals surface area contributed by atoms with Gasteiger partial charge in [-0.15, -0.1) is 0 Å². The highest BCUT2D eigenvalue weighted by atomic mass is 16.1. The van der Waals surface area contributed by atoms with E-state index in [1.54, 1.807) is 0 Å². The van der Waals surface area contributed by atoms with Gasteiger partial charge in [0.1, 0.15) is 0 Å². The maximum absolute atomic E-state index is 13.0. The van der Waals surface area contributed by atoms with Crippen LogP contribution in [0.5, 0.6) is 0 Å². The zero-order valence-corrected chi connectivity index (χ0v) is 18.4. The first kappa shape index (κ1) is 20.5. The number of hydrogen-bond acceptors (Lipinski definition) is 4. The van der Waals surface area contributed by atoms with E-state index >= 15 is 0 Å². The molecule has 0 spiro atoms. The molecule has 0 saturated carbocycles. The molecule has 5 heteroatoms. The van der Waals surface area contributed by atoms with Crippen molar-refractivity contribution in [2.45, 2.75) is 19.9 Å². The molecule has 0 amide bonds. The summed E-state index contributed by atoms with van der Waals surface area (Å²) in [6, 6.07) is 25.1. The summed E-state index contributed by atoms with van der Waals surface area (Å²) in [4.78, 5) is 25.5. The van der Waals surface area contributed by atoms with Gasteiger partial charge in [-0.05, 0) is 28.8 Å². The highest BCUT2D eigenvalue weighted by molar-refractivity contribution is 5.85. The zero-order valence-electron chi connectivity index (χ0n) is 18.4. The molecule has 1 aliphatic rings. The van der Waals surface area contributed by atoms with Crippen LogP contribution >= 0.6 is 0 Å². The molecule has 1 aliphatic heterocycles. The number of aromatic amines is 1. The molecular formula is C27H28N4O. The van der Waals surface area contributed by atoms with E-state index in [4.69, 9.17) is 4.98 Å². The average molecular weight is 425 g/mol. The fourth-order valence-corrected chi connectivity index (χ4v) is 4.55. The van der Waals surface area contributed by atoms with Gasteiger partial charge in [-0.25, -0.2) is 4.98 Å². The quantitative estimate of drug-likeness (QED) is 0.523. The lowest BCUT2D eigenvalue weighted by Crippen LogP contribution is -2.47. The van der Waals surface area contributed by atoms with Crippen molar-refractivity contribution >= 4 is 16.7 Å². The van der Waals surface area contributed by atoms with Crippen molar-refractivity contribution in [2.24, 2.45) is 0 Å². The van der Waals surface area contributed by atoms with E-state index < -0.39 is 0 Å². The van der Waals surface area contributed by atoms with E-state index in [9.17, 15) is 4.79 Å². The zero-order chi connectivity index (χ0) is 21.9. The Morgan fingerprint density at radius 1 is 0.875 bits per heavy atom. The predicted molar refractivity (Wildman–Crippen MR) is 130 cm³/mol. The molecule has 1 fully saturated rings. The molecule has 1 N–H and O–H groups in total. The topological polar surface area (TPSA) is 52.2 Å². The molecule has 0 bridgehead atoms. The van der Waals surface area contributed by atoms with Crippen molar-refractivity contribution in [3.8, 4) is 0 Å². The summed E-state index contributed by atoms with van der Waals surface area (Å²) < 4.78 is 0. The Hall–Kier alpha value is -3.44. The van der Waals surface area contributed by atoms with Gasteiger partial charge in [0.15, 0.2) is 0 Å². The number of hydrogen-bond donors (Lipinski definition) is 1. The molecule has 3 aromatic carbocycles. The van der Waals surface area contributed by atoms with Crippen LogP contribution in [0.15, 0.2) is 77.6 Å². The van der Waals surface area contributed by atoms with E-state index in [0.29, 0.717) is 12.4 Å². The first-order chi connectivity index (χ1) is 15.7. The van der Waals surface area contributed by atoms with Gasteiger partial charge >= 0.3 is 0 Å². The summed E-state index contributed by atoms with van der Waals surface area (Å²) in [5, 5.41) is 2.38. The Bertz CT molecular complexity index is 1270. The summed E-state index contributed by atoms with van der Waals surface area (Å²) in [6.45, 7) is 6.53. The van der Waals surface area contributed by atoms with Crippen LogP contribution in [-0.2, 0) is 13.0 Å². The number of aryl methyl sites for hydroxylation is 1. The van der Waals surface area contributed by atoms with Crippen LogP contribution in [0.1, 0.15) is 22.4 Å². The second kappa shape index (κ2) is 8.97. The maximum atomic E-state index is 13.0. The van der Waals surface area contributed by atoms with Gasteiger partial charge in [0, 0.05) is 44.7 Å². The lowest BCUT2D eigenvalue weighted by Gasteiger charge is -2.35. The molecule has 0 aliphatic carbocycles. The summed E-state index contributed by atoms with van der Waals surface area (Å²) in [6.07, 6.45) is 0.584. The molecule has 2 heterocycles. The second-order valence-corrected chi connectivity index (χ2v) is 8.52. The minimum atomic E-state index is -0.0350. The van der Waals surface area contributed by atoms with Gasteiger partial charge in [-0.2, -0.15) is 0 Å². The minimum Gasteiger partial charge on any atom is -0.340 e. The van der Waals surface area contributed by atoms with Gasteiger partial charge in [-0.1, -0.05) is 72.8 Å². The Morgan fingerprint density at radius 2 is 1.59 bits per heavy atom. The number of anilines is 1. The molecular weight excluding hydrogens is 396 g/mol. The predicted octanol–water partition coefficient (Wildman–Crippen LogP) is 4.14. The fourth-order valence-electron chi connectivity index (χ4n) is 4.55. The Labute approximate surface area is 188 Å². The van der Waals surface area contributed by atoms with Crippen LogP contribution in [-0.4, -0.2) is 41.0 Å². The monoisotopic (exact) mass is 424 g/mol. The minimum absolute atomic E-state index is 0.0350. The maximum Gasteiger partial charge on any atom is 0.256 e. The lowest BCUT2D eigenvalue weighted by molar-refractivity contribution is 0.248. The number of rotatable bonds is 5. The molecule has 4 aromatic rings. The third kappa shape index (κ3) is 4.30. The van der Waals surface area contributed by atoms with E-state index in [1.165, 1.54) is 16.3 Å². The molecule has 1 aromatic heterocycles. The molecule has 0 unspecified atom stereocenters. The van der Waals surface area contributed by atoms with Gasteiger partial charge in [0.2, 0.25) is 5.95 Å². The summed E-state index contributed by atoms with van der Waals surface area (Å²) in [5.41, 5.74) is 4.00. The average Bonchev–Trinajstić information content (AvgIpc) is 2.82. The lowest BCUT2D eigenvalue weighted by atomic mass is 9.98. The van der Waals surface area contributed by atoms with Crippen molar-refractivity contribution in [2.75, 3.05) is 31.1 Å². The first-order valence-electron chi connectivity index (χ1n) is 11.2. The van der Waals surface area contributed by atoms with E-state index in [-0.39, 0.29) is 5.56 Å². The smallest absolute Gasteiger partial charge is 0.256 e. The number of H-pyrrole nitrogens is 1. The van der Waals surface area contributed by atoms with E-state index in [1.807, 2.05) is 19.1 Å². The Balaban J connectivity index is 1.31. The first-order valence-corrected chi connectivity index (χ1v) is 11.2. The van der Waals surface area contributed by atoms with E-state index in [2.05, 4.69) is 75.4 Å². The molecule has 32 heavy (non-hydrogen) atoms. The highest BCUT2D eigenvalue weighted by Gasteiger charge is 2.20. The van der Waals surface area contributed by atoms with Gasteiger partial charge in [-0.3, -0.25) is 14.7 Å². The van der Waals surface area contributed by atoms with Crippen molar-refractivity contribution in [3.63, 3.8) is 0 Å². The van der Waals surface area contributed by atoms with E-state index in [0.717, 1.165) is 49.5 Å². The third-order valence-corrected chi connectivity index (χ3v) is 6.38. The normalized spacial score (nSPS) is 14.7. The van der Waals surface area contributed by atoms with Gasteiger partial charge in [0.25, 0.3) is 5.56 Å². The van der Waals surface area contributed by atoms with Crippen LogP contribution in [0.2, 0.25) is 0 Å².